The van der Waals surface area contributed by atoms with Gasteiger partial charge in [-0.05, 0) is 49.8 Å². The molecule has 25 heavy (non-hydrogen) atoms. The molecule has 1 saturated carbocycles. The van der Waals surface area contributed by atoms with E-state index >= 15 is 0 Å². The molecule has 1 aliphatic rings. The summed E-state index contributed by atoms with van der Waals surface area (Å²) in [5.41, 5.74) is 0.874. The Hall–Kier alpha value is -1.95. The van der Waals surface area contributed by atoms with E-state index in [4.69, 9.17) is 4.74 Å². The molecule has 1 aliphatic carbocycles. The van der Waals surface area contributed by atoms with E-state index in [1.54, 1.807) is 19.2 Å². The molecule has 0 aliphatic heterocycles. The third-order valence-electron chi connectivity index (χ3n) is 4.67. The summed E-state index contributed by atoms with van der Waals surface area (Å²) in [6.07, 6.45) is 3.75. The van der Waals surface area contributed by atoms with Crippen LogP contribution < -0.4 is 10.6 Å². The number of benzene rings is 1. The predicted octanol–water partition coefficient (Wildman–Crippen LogP) is 2.40. The molecule has 0 aromatic heterocycles. The van der Waals surface area contributed by atoms with Crippen molar-refractivity contribution in [2.45, 2.75) is 38.6 Å². The van der Waals surface area contributed by atoms with Gasteiger partial charge in [-0.2, -0.15) is 0 Å². The summed E-state index contributed by atoms with van der Waals surface area (Å²) in [5.74, 6) is -0.222. The van der Waals surface area contributed by atoms with Crippen molar-refractivity contribution in [3.05, 3.63) is 35.6 Å². The maximum atomic E-state index is 12.9. The number of nitrogens with one attached hydrogen (secondary N) is 2. The fourth-order valence-corrected chi connectivity index (χ4v) is 3.13. The molecule has 6 heteroatoms. The zero-order valence-electron chi connectivity index (χ0n) is 14.7. The van der Waals surface area contributed by atoms with Gasteiger partial charge in [-0.3, -0.25) is 9.59 Å². The second kappa shape index (κ2) is 10.1. The number of rotatable bonds is 8. The fraction of sp³-hybridized carbons (Fsp3) is 0.579. The summed E-state index contributed by atoms with van der Waals surface area (Å²) in [4.78, 5) is 24.4. The van der Waals surface area contributed by atoms with E-state index in [1.807, 2.05) is 0 Å². The largest absolute Gasteiger partial charge is 0.385 e. The van der Waals surface area contributed by atoms with E-state index in [-0.39, 0.29) is 29.5 Å². The summed E-state index contributed by atoms with van der Waals surface area (Å²) in [7, 11) is 1.64. The van der Waals surface area contributed by atoms with Gasteiger partial charge in [-0.25, -0.2) is 4.39 Å². The summed E-state index contributed by atoms with van der Waals surface area (Å²) in [6.45, 7) is 1.67. The minimum Gasteiger partial charge on any atom is -0.385 e. The molecule has 0 atom stereocenters. The maximum absolute atomic E-state index is 12.9. The lowest BCUT2D eigenvalue weighted by atomic mass is 9.81. The van der Waals surface area contributed by atoms with Crippen LogP contribution in [0.2, 0.25) is 0 Å². The number of carbonyl (C=O) groups is 2. The van der Waals surface area contributed by atoms with Crippen molar-refractivity contribution < 1.29 is 18.7 Å². The molecular formula is C19H27FN2O3. The molecule has 1 fully saturated rings. The second-order valence-corrected chi connectivity index (χ2v) is 6.53. The Balaban J connectivity index is 1.67. The van der Waals surface area contributed by atoms with E-state index in [9.17, 15) is 14.0 Å². The van der Waals surface area contributed by atoms with Crippen LogP contribution in [0, 0.1) is 17.7 Å². The van der Waals surface area contributed by atoms with Gasteiger partial charge < -0.3 is 15.4 Å². The molecular weight excluding hydrogens is 323 g/mol. The molecule has 138 valence electrons. The van der Waals surface area contributed by atoms with Gasteiger partial charge in [0.05, 0.1) is 0 Å². The van der Waals surface area contributed by atoms with Crippen LogP contribution in [0.1, 0.15) is 37.7 Å². The first kappa shape index (κ1) is 19.4. The van der Waals surface area contributed by atoms with Gasteiger partial charge in [-0.1, -0.05) is 12.1 Å². The van der Waals surface area contributed by atoms with Crippen LogP contribution in [0.25, 0.3) is 0 Å². The molecule has 5 nitrogen and oxygen atoms in total. The number of carbonyl (C=O) groups excluding carboxylic acids is 2. The van der Waals surface area contributed by atoms with Crippen LogP contribution in [0.3, 0.4) is 0 Å². The van der Waals surface area contributed by atoms with Gasteiger partial charge in [0.2, 0.25) is 11.8 Å². The molecule has 0 unspecified atom stereocenters. The lowest BCUT2D eigenvalue weighted by molar-refractivity contribution is -0.130. The fourth-order valence-electron chi connectivity index (χ4n) is 3.13. The van der Waals surface area contributed by atoms with Crippen LogP contribution in [0.15, 0.2) is 24.3 Å². The Labute approximate surface area is 148 Å². The third kappa shape index (κ3) is 6.46. The monoisotopic (exact) mass is 350 g/mol. The molecule has 0 heterocycles. The highest BCUT2D eigenvalue weighted by Gasteiger charge is 2.29. The lowest BCUT2D eigenvalue weighted by Crippen LogP contribution is -2.37. The normalized spacial score (nSPS) is 20.1. The lowest BCUT2D eigenvalue weighted by Gasteiger charge is -2.27. The molecule has 0 spiro atoms. The number of hydrogen-bond donors (Lipinski definition) is 2. The van der Waals surface area contributed by atoms with Gasteiger partial charge >= 0.3 is 0 Å². The van der Waals surface area contributed by atoms with Crippen molar-refractivity contribution in [3.63, 3.8) is 0 Å². The van der Waals surface area contributed by atoms with Crippen molar-refractivity contribution in [1.29, 1.82) is 0 Å². The molecule has 0 radical (unpaired) electrons. The number of amides is 2. The van der Waals surface area contributed by atoms with E-state index in [0.29, 0.717) is 19.7 Å². The van der Waals surface area contributed by atoms with Crippen molar-refractivity contribution in [3.8, 4) is 0 Å². The first-order chi connectivity index (χ1) is 12.1. The topological polar surface area (TPSA) is 67.4 Å². The molecule has 0 bridgehead atoms. The first-order valence-corrected chi connectivity index (χ1v) is 8.89. The zero-order chi connectivity index (χ0) is 18.1. The molecule has 0 saturated heterocycles. The van der Waals surface area contributed by atoms with Crippen molar-refractivity contribution in [2.24, 2.45) is 11.8 Å². The Bertz CT molecular complexity index is 554. The Morgan fingerprint density at radius 1 is 1.04 bits per heavy atom. The van der Waals surface area contributed by atoms with Crippen LogP contribution in [-0.2, 0) is 20.9 Å². The van der Waals surface area contributed by atoms with Crippen LogP contribution >= 0.6 is 0 Å². The van der Waals surface area contributed by atoms with Gasteiger partial charge in [-0.15, -0.1) is 0 Å². The first-order valence-electron chi connectivity index (χ1n) is 8.89. The standard InChI is InChI=1S/C19H27FN2O3/c1-25-12-2-11-21-18(23)15-5-7-16(8-6-15)19(24)22-13-14-3-9-17(20)10-4-14/h3-4,9-10,15-16H,2,5-8,11-13H2,1H3,(H,21,23)(H,22,24). The van der Waals surface area contributed by atoms with E-state index in [2.05, 4.69) is 10.6 Å². The van der Waals surface area contributed by atoms with Crippen LogP contribution in [0.4, 0.5) is 4.39 Å². The summed E-state index contributed by atoms with van der Waals surface area (Å²) in [6, 6.07) is 6.11. The van der Waals surface area contributed by atoms with Crippen molar-refractivity contribution in [1.82, 2.24) is 10.6 Å². The van der Waals surface area contributed by atoms with Crippen molar-refractivity contribution >= 4 is 11.8 Å². The number of halogens is 1. The van der Waals surface area contributed by atoms with Crippen LogP contribution in [-0.4, -0.2) is 32.1 Å². The molecule has 2 rings (SSSR count). The highest BCUT2D eigenvalue weighted by atomic mass is 19.1. The number of hydrogen-bond acceptors (Lipinski definition) is 3. The quantitative estimate of drug-likeness (QED) is 0.708. The number of ether oxygens (including phenoxy) is 1. The van der Waals surface area contributed by atoms with Gasteiger partial charge in [0.1, 0.15) is 5.82 Å². The summed E-state index contributed by atoms with van der Waals surface area (Å²) < 4.78 is 17.8. The number of methoxy groups -OCH3 is 1. The average molecular weight is 350 g/mol. The molecule has 2 amide bonds. The second-order valence-electron chi connectivity index (χ2n) is 6.53. The van der Waals surface area contributed by atoms with Crippen LogP contribution in [0.5, 0.6) is 0 Å². The van der Waals surface area contributed by atoms with Gasteiger partial charge in [0.25, 0.3) is 0 Å². The smallest absolute Gasteiger partial charge is 0.223 e. The predicted molar refractivity (Wildman–Crippen MR) is 93.2 cm³/mol. The maximum Gasteiger partial charge on any atom is 0.223 e. The van der Waals surface area contributed by atoms with E-state index in [1.165, 1.54) is 12.1 Å². The Morgan fingerprint density at radius 2 is 1.60 bits per heavy atom. The summed E-state index contributed by atoms with van der Waals surface area (Å²) in [5, 5.41) is 5.84. The van der Waals surface area contributed by atoms with Gasteiger partial charge in [0.15, 0.2) is 0 Å². The minimum absolute atomic E-state index is 0.00342. The average Bonchev–Trinajstić information content (AvgIpc) is 2.64. The highest BCUT2D eigenvalue weighted by molar-refractivity contribution is 5.81. The SMILES string of the molecule is COCCCNC(=O)C1CCC(C(=O)NCc2ccc(F)cc2)CC1. The van der Waals surface area contributed by atoms with Gasteiger partial charge in [0, 0.05) is 38.6 Å². The molecule has 1 aromatic rings. The highest BCUT2D eigenvalue weighted by Crippen LogP contribution is 2.29. The van der Waals surface area contributed by atoms with E-state index < -0.39 is 0 Å². The zero-order valence-corrected chi connectivity index (χ0v) is 14.7. The Morgan fingerprint density at radius 3 is 2.16 bits per heavy atom. The van der Waals surface area contributed by atoms with Crippen molar-refractivity contribution in [2.75, 3.05) is 20.3 Å². The van der Waals surface area contributed by atoms with E-state index in [0.717, 1.165) is 37.7 Å². The summed E-state index contributed by atoms with van der Waals surface area (Å²) >= 11 is 0. The molecule has 1 aromatic carbocycles. The Kier molecular flexibility index (Phi) is 7.85. The third-order valence-corrected chi connectivity index (χ3v) is 4.67. The minimum atomic E-state index is -0.283. The molecule has 2 N–H and O–H groups in total.